The highest BCUT2D eigenvalue weighted by atomic mass is 19.4. The van der Waals surface area contributed by atoms with Gasteiger partial charge in [-0.1, -0.05) is 0 Å². The molecule has 0 aliphatic carbocycles. The number of anilines is 2. The number of carboxylic acid groups (broad SMARTS) is 1. The van der Waals surface area contributed by atoms with Crippen LogP contribution in [0.5, 0.6) is 23.1 Å². The van der Waals surface area contributed by atoms with Crippen molar-refractivity contribution in [2.75, 3.05) is 31.8 Å². The maximum absolute atomic E-state index is 10.6. The number of aromatic nitrogens is 1. The summed E-state index contributed by atoms with van der Waals surface area (Å²) in [6, 6.07) is 7.70. The van der Waals surface area contributed by atoms with E-state index in [9.17, 15) is 18.4 Å². The van der Waals surface area contributed by atoms with Gasteiger partial charge in [0.25, 0.3) is 0 Å². The zero-order valence-corrected chi connectivity index (χ0v) is 17.4. The van der Waals surface area contributed by atoms with Crippen molar-refractivity contribution >= 4 is 17.5 Å². The Morgan fingerprint density at radius 3 is 2.42 bits per heavy atom. The summed E-state index contributed by atoms with van der Waals surface area (Å²) in [5.41, 5.74) is 8.30. The average molecular weight is 465 g/mol. The van der Waals surface area contributed by atoms with Gasteiger partial charge < -0.3 is 30.4 Å². The molecule has 0 spiro atoms. The first-order chi connectivity index (χ1) is 15.6. The molecule has 0 fully saturated rings. The molecule has 13 heteroatoms. The van der Waals surface area contributed by atoms with Crippen LogP contribution >= 0.6 is 0 Å². The lowest BCUT2D eigenvalue weighted by Crippen LogP contribution is -2.21. The second kappa shape index (κ2) is 10.3. The molecule has 174 valence electrons. The molecule has 0 bridgehead atoms. The minimum atomic E-state index is -5.08. The molecule has 2 heterocycles. The summed E-state index contributed by atoms with van der Waals surface area (Å²) in [6.07, 6.45) is -4.31. The Bertz CT molecular complexity index is 1140. The van der Waals surface area contributed by atoms with E-state index >= 15 is 0 Å². The van der Waals surface area contributed by atoms with Crippen molar-refractivity contribution < 1.29 is 37.3 Å². The Morgan fingerprint density at radius 1 is 1.30 bits per heavy atom. The molecule has 33 heavy (non-hydrogen) atoms. The highest BCUT2D eigenvalue weighted by molar-refractivity contribution is 5.75. The zero-order valence-electron chi connectivity index (χ0n) is 17.4. The minimum Gasteiger partial charge on any atom is -0.493 e. The van der Waals surface area contributed by atoms with Gasteiger partial charge in [0.1, 0.15) is 23.2 Å². The van der Waals surface area contributed by atoms with Gasteiger partial charge in [0.2, 0.25) is 5.88 Å². The smallest absolute Gasteiger partial charge is 0.490 e. The van der Waals surface area contributed by atoms with Crippen LogP contribution in [0.25, 0.3) is 0 Å². The van der Waals surface area contributed by atoms with Gasteiger partial charge in [-0.15, -0.1) is 0 Å². The van der Waals surface area contributed by atoms with Gasteiger partial charge in [-0.3, -0.25) is 0 Å². The van der Waals surface area contributed by atoms with Gasteiger partial charge in [0, 0.05) is 30.2 Å². The first-order valence-electron chi connectivity index (χ1n) is 9.13. The number of carbonyl (C=O) groups is 1. The first kappa shape index (κ1) is 24.9. The summed E-state index contributed by atoms with van der Waals surface area (Å²) in [6.45, 7) is 0.389. The van der Waals surface area contributed by atoms with Crippen molar-refractivity contribution in [1.29, 1.82) is 10.5 Å². The number of pyridine rings is 1. The summed E-state index contributed by atoms with van der Waals surface area (Å²) in [7, 11) is 3.11. The number of nitrogen functional groups attached to an aromatic ring is 1. The fraction of sp³-hybridized carbons (Fsp3) is 0.300. The number of carboxylic acids is 1. The van der Waals surface area contributed by atoms with Crippen LogP contribution in [0.3, 0.4) is 0 Å². The van der Waals surface area contributed by atoms with Crippen molar-refractivity contribution in [3.63, 3.8) is 0 Å². The van der Waals surface area contributed by atoms with E-state index in [4.69, 9.17) is 35.1 Å². The molecule has 0 amide bonds. The number of methoxy groups -OCH3 is 2. The third-order valence-electron chi connectivity index (χ3n) is 4.32. The Hall–Kier alpha value is -4.39. The van der Waals surface area contributed by atoms with Crippen molar-refractivity contribution in [1.82, 2.24) is 4.98 Å². The fourth-order valence-corrected chi connectivity index (χ4v) is 2.85. The third kappa shape index (κ3) is 5.65. The molecule has 0 saturated carbocycles. The number of nitrogens with two attached hydrogens (primary N) is 1. The molecule has 1 aromatic heterocycles. The van der Waals surface area contributed by atoms with E-state index < -0.39 is 12.1 Å². The predicted molar refractivity (Wildman–Crippen MR) is 108 cm³/mol. The third-order valence-corrected chi connectivity index (χ3v) is 4.32. The van der Waals surface area contributed by atoms with Gasteiger partial charge in [-0.2, -0.15) is 28.7 Å². The molecular weight excluding hydrogens is 447 g/mol. The number of ether oxygens (including phenoxy) is 3. The summed E-state index contributed by atoms with van der Waals surface area (Å²) in [5.74, 6) is -0.623. The van der Waals surface area contributed by atoms with E-state index in [1.807, 2.05) is 6.07 Å². The van der Waals surface area contributed by atoms with Crippen molar-refractivity contribution in [2.45, 2.75) is 19.0 Å². The number of rotatable bonds is 5. The molecule has 2 aromatic rings. The topological polar surface area (TPSA) is 164 Å². The van der Waals surface area contributed by atoms with Crippen molar-refractivity contribution in [3.8, 4) is 35.3 Å². The number of alkyl halides is 3. The Kier molecular flexibility index (Phi) is 7.75. The monoisotopic (exact) mass is 465 g/mol. The van der Waals surface area contributed by atoms with Crippen LogP contribution in [0, 0.1) is 22.7 Å². The molecule has 4 N–H and O–H groups in total. The Balaban J connectivity index is 0.000000479. The first-order valence-corrected chi connectivity index (χ1v) is 9.13. The highest BCUT2D eigenvalue weighted by Crippen LogP contribution is 2.45. The number of benzene rings is 1. The largest absolute Gasteiger partial charge is 0.493 e. The molecule has 0 saturated heterocycles. The number of hydrogen-bond donors (Lipinski definition) is 3. The average Bonchev–Trinajstić information content (AvgIpc) is 2.76. The quantitative estimate of drug-likeness (QED) is 0.477. The molecule has 3 rings (SSSR count). The number of aliphatic carboxylic acids is 1. The van der Waals surface area contributed by atoms with Crippen LogP contribution in [0.4, 0.5) is 24.7 Å². The lowest BCUT2D eigenvalue weighted by molar-refractivity contribution is -0.192. The van der Waals surface area contributed by atoms with Crippen LogP contribution in [-0.2, 0) is 11.2 Å². The number of nitriles is 2. The lowest BCUT2D eigenvalue weighted by Gasteiger charge is -2.24. The summed E-state index contributed by atoms with van der Waals surface area (Å²) >= 11 is 0. The molecule has 1 aliphatic heterocycles. The molecule has 0 radical (unpaired) electrons. The number of halogens is 3. The summed E-state index contributed by atoms with van der Waals surface area (Å²) < 4.78 is 48.3. The van der Waals surface area contributed by atoms with Crippen LogP contribution in [0.15, 0.2) is 12.1 Å². The van der Waals surface area contributed by atoms with Crippen molar-refractivity contribution in [2.24, 2.45) is 0 Å². The normalized spacial score (nSPS) is 11.2. The van der Waals surface area contributed by atoms with E-state index in [-0.39, 0.29) is 11.4 Å². The van der Waals surface area contributed by atoms with E-state index in [0.29, 0.717) is 53.8 Å². The van der Waals surface area contributed by atoms with E-state index in [1.165, 1.54) is 0 Å². The van der Waals surface area contributed by atoms with E-state index in [0.717, 1.165) is 5.56 Å². The minimum absolute atomic E-state index is 0.0784. The van der Waals surface area contributed by atoms with Crippen LogP contribution in [0.1, 0.15) is 23.1 Å². The molecule has 0 unspecified atom stereocenters. The SMILES string of the molecule is COc1cc2c(cc1OC)Oc1nc(N)c(C#N)c(NCCC#N)c1C2.O=C(O)C(F)(F)F. The van der Waals surface area contributed by atoms with Gasteiger partial charge in [0.05, 0.1) is 32.4 Å². The van der Waals surface area contributed by atoms with Crippen LogP contribution < -0.4 is 25.3 Å². The molecule has 1 aliphatic rings. The maximum Gasteiger partial charge on any atom is 0.490 e. The second-order valence-electron chi connectivity index (χ2n) is 6.37. The molecule has 10 nitrogen and oxygen atoms in total. The zero-order chi connectivity index (χ0) is 24.8. The lowest BCUT2D eigenvalue weighted by atomic mass is 9.98. The molecular formula is C20H18F3N5O5. The number of hydrogen-bond acceptors (Lipinski definition) is 9. The van der Waals surface area contributed by atoms with Crippen molar-refractivity contribution in [3.05, 3.63) is 28.8 Å². The molecule has 0 atom stereocenters. The molecule has 1 aromatic carbocycles. The number of nitrogens with one attached hydrogen (secondary N) is 1. The second-order valence-corrected chi connectivity index (χ2v) is 6.37. The number of nitrogens with zero attached hydrogens (tertiary/aromatic N) is 3. The highest BCUT2D eigenvalue weighted by Gasteiger charge is 2.38. The fourth-order valence-electron chi connectivity index (χ4n) is 2.85. The van der Waals surface area contributed by atoms with Gasteiger partial charge in [-0.05, 0) is 6.07 Å². The van der Waals surface area contributed by atoms with Crippen LogP contribution in [-0.4, -0.2) is 43.0 Å². The standard InChI is InChI=1S/C18H17N5O3.C2HF3O2/c1-24-14-7-10-6-11-16(22-5-3-4-19)12(9-20)17(21)23-18(11)26-13(10)8-15(14)25-2;3-2(4,5)1(6)7/h7-8H,3,5-6H2,1-2H3,(H3,21,22,23);(H,6,7). The van der Waals surface area contributed by atoms with Gasteiger partial charge in [-0.25, -0.2) is 4.79 Å². The Morgan fingerprint density at radius 2 is 1.91 bits per heavy atom. The predicted octanol–water partition coefficient (Wildman–Crippen LogP) is 3.21. The maximum atomic E-state index is 10.6. The summed E-state index contributed by atoms with van der Waals surface area (Å²) in [5, 5.41) is 28.4. The van der Waals surface area contributed by atoms with E-state index in [2.05, 4.69) is 22.4 Å². The Labute approximate surface area is 185 Å². The van der Waals surface area contributed by atoms with Gasteiger partial charge in [0.15, 0.2) is 11.5 Å². The number of fused-ring (bicyclic) bond motifs is 2. The van der Waals surface area contributed by atoms with E-state index in [1.54, 1.807) is 20.3 Å². The summed E-state index contributed by atoms with van der Waals surface area (Å²) in [4.78, 5) is 13.1. The van der Waals surface area contributed by atoms with Gasteiger partial charge >= 0.3 is 12.1 Å². The van der Waals surface area contributed by atoms with Crippen LogP contribution in [0.2, 0.25) is 0 Å².